The van der Waals surface area contributed by atoms with E-state index in [-0.39, 0.29) is 0 Å². The molecule has 0 aromatic carbocycles. The summed E-state index contributed by atoms with van der Waals surface area (Å²) in [4.78, 5) is 11.4. The van der Waals surface area contributed by atoms with Gasteiger partial charge in [0.1, 0.15) is 0 Å². The highest BCUT2D eigenvalue weighted by Crippen LogP contribution is 2.10. The Morgan fingerprint density at radius 3 is 3.08 bits per heavy atom. The molecule has 12 heavy (non-hydrogen) atoms. The van der Waals surface area contributed by atoms with Gasteiger partial charge in [0.05, 0.1) is 0 Å². The highest BCUT2D eigenvalue weighted by atomic mass is 32.1. The molecule has 0 aliphatic heterocycles. The monoisotopic (exact) mass is 182 g/mol. The molecule has 0 bridgehead atoms. The first-order valence-corrected chi connectivity index (χ1v) is 4.59. The molecule has 3 heteroatoms. The first-order chi connectivity index (χ1) is 5.79. The number of hydrogen-bond acceptors (Lipinski definition) is 2. The molecular formula is C9H10O2S. The van der Waals surface area contributed by atoms with Gasteiger partial charge in [-0.2, -0.15) is 0 Å². The molecule has 0 spiro atoms. The highest BCUT2D eigenvalue weighted by Gasteiger charge is 1.91. The van der Waals surface area contributed by atoms with Gasteiger partial charge >= 0.3 is 5.97 Å². The van der Waals surface area contributed by atoms with Gasteiger partial charge in [-0.3, -0.25) is 0 Å². The number of hydrogen-bond donors (Lipinski definition) is 1. The van der Waals surface area contributed by atoms with E-state index in [1.807, 2.05) is 11.4 Å². The van der Waals surface area contributed by atoms with Gasteiger partial charge in [0, 0.05) is 11.0 Å². The van der Waals surface area contributed by atoms with E-state index in [1.54, 1.807) is 17.4 Å². The van der Waals surface area contributed by atoms with Crippen molar-refractivity contribution in [3.05, 3.63) is 34.5 Å². The van der Waals surface area contributed by atoms with Crippen LogP contribution < -0.4 is 0 Å². The average Bonchev–Trinajstić information content (AvgIpc) is 2.49. The molecule has 0 unspecified atom stereocenters. The van der Waals surface area contributed by atoms with E-state index in [0.717, 1.165) is 12.8 Å². The van der Waals surface area contributed by atoms with Gasteiger partial charge in [-0.15, -0.1) is 11.3 Å². The third-order valence-electron chi connectivity index (χ3n) is 1.40. The lowest BCUT2D eigenvalue weighted by atomic mass is 10.2. The second-order valence-electron chi connectivity index (χ2n) is 2.36. The van der Waals surface area contributed by atoms with Crippen molar-refractivity contribution >= 4 is 17.3 Å². The molecule has 1 aromatic rings. The molecule has 1 heterocycles. The molecule has 0 atom stereocenters. The predicted molar refractivity (Wildman–Crippen MR) is 49.4 cm³/mol. The molecule has 0 amide bonds. The molecule has 1 N–H and O–H groups in total. The minimum absolute atomic E-state index is 0.798. The molecule has 1 aromatic heterocycles. The Labute approximate surface area is 75.2 Å². The molecule has 0 aliphatic rings. The van der Waals surface area contributed by atoms with Crippen LogP contribution in [0.15, 0.2) is 29.7 Å². The average molecular weight is 182 g/mol. The Morgan fingerprint density at radius 1 is 1.67 bits per heavy atom. The lowest BCUT2D eigenvalue weighted by Crippen LogP contribution is -1.86. The van der Waals surface area contributed by atoms with Crippen LogP contribution in [0.4, 0.5) is 0 Å². The lowest BCUT2D eigenvalue weighted by Gasteiger charge is -1.89. The van der Waals surface area contributed by atoms with Gasteiger partial charge in [0.25, 0.3) is 0 Å². The Morgan fingerprint density at radius 2 is 2.50 bits per heavy atom. The summed E-state index contributed by atoms with van der Waals surface area (Å²) in [7, 11) is 0. The van der Waals surface area contributed by atoms with Gasteiger partial charge in [0.15, 0.2) is 0 Å². The van der Waals surface area contributed by atoms with E-state index in [9.17, 15) is 4.79 Å². The molecule has 0 saturated carbocycles. The Balaban J connectivity index is 2.23. The zero-order chi connectivity index (χ0) is 8.81. The SMILES string of the molecule is O=C(O)C=CCCc1cccs1. The number of carboxylic acids is 1. The van der Waals surface area contributed by atoms with Crippen LogP contribution >= 0.6 is 11.3 Å². The lowest BCUT2D eigenvalue weighted by molar-refractivity contribution is -0.131. The van der Waals surface area contributed by atoms with Crippen molar-refractivity contribution in [2.45, 2.75) is 12.8 Å². The minimum Gasteiger partial charge on any atom is -0.478 e. The fourth-order valence-corrected chi connectivity index (χ4v) is 1.59. The van der Waals surface area contributed by atoms with Gasteiger partial charge in [-0.1, -0.05) is 12.1 Å². The van der Waals surface area contributed by atoms with E-state index in [4.69, 9.17) is 5.11 Å². The fraction of sp³-hybridized carbons (Fsp3) is 0.222. The zero-order valence-corrected chi connectivity index (χ0v) is 7.38. The first kappa shape index (κ1) is 9.00. The molecule has 0 saturated heterocycles. The first-order valence-electron chi connectivity index (χ1n) is 3.71. The number of carboxylic acid groups (broad SMARTS) is 1. The normalized spacial score (nSPS) is 10.7. The van der Waals surface area contributed by atoms with Crippen LogP contribution in [0.25, 0.3) is 0 Å². The molecule has 0 aliphatic carbocycles. The molecule has 2 nitrogen and oxygen atoms in total. The summed E-state index contributed by atoms with van der Waals surface area (Å²) in [5.74, 6) is -0.874. The van der Waals surface area contributed by atoms with Gasteiger partial charge in [-0.05, 0) is 24.3 Å². The van der Waals surface area contributed by atoms with Crippen LogP contribution in [0, 0.1) is 0 Å². The maximum atomic E-state index is 10.1. The number of aryl methyl sites for hydroxylation is 1. The molecular weight excluding hydrogens is 172 g/mol. The Hall–Kier alpha value is -1.09. The summed E-state index contributed by atoms with van der Waals surface area (Å²) in [5.41, 5.74) is 0. The third kappa shape index (κ3) is 3.34. The van der Waals surface area contributed by atoms with E-state index in [1.165, 1.54) is 11.0 Å². The number of thiophene rings is 1. The maximum Gasteiger partial charge on any atom is 0.327 e. The van der Waals surface area contributed by atoms with Crippen LogP contribution in [0.1, 0.15) is 11.3 Å². The van der Waals surface area contributed by atoms with Crippen LogP contribution in [-0.2, 0) is 11.2 Å². The van der Waals surface area contributed by atoms with Crippen LogP contribution in [0.3, 0.4) is 0 Å². The summed E-state index contributed by atoms with van der Waals surface area (Å²) in [6.07, 6.45) is 4.60. The van der Waals surface area contributed by atoms with Crippen molar-refractivity contribution in [1.29, 1.82) is 0 Å². The van der Waals surface area contributed by atoms with Gasteiger partial charge < -0.3 is 5.11 Å². The third-order valence-corrected chi connectivity index (χ3v) is 2.33. The van der Waals surface area contributed by atoms with E-state index < -0.39 is 5.97 Å². The van der Waals surface area contributed by atoms with Crippen molar-refractivity contribution in [3.63, 3.8) is 0 Å². The molecule has 0 fully saturated rings. The number of rotatable bonds is 4. The summed E-state index contributed by atoms with van der Waals surface area (Å²) >= 11 is 1.70. The van der Waals surface area contributed by atoms with Crippen molar-refractivity contribution in [3.8, 4) is 0 Å². The largest absolute Gasteiger partial charge is 0.478 e. The van der Waals surface area contributed by atoms with Gasteiger partial charge in [-0.25, -0.2) is 4.79 Å². The van der Waals surface area contributed by atoms with E-state index >= 15 is 0 Å². The number of carbonyl (C=O) groups is 1. The highest BCUT2D eigenvalue weighted by molar-refractivity contribution is 7.09. The number of aliphatic carboxylic acids is 1. The number of allylic oxidation sites excluding steroid dienone is 1. The van der Waals surface area contributed by atoms with Crippen molar-refractivity contribution in [2.75, 3.05) is 0 Å². The van der Waals surface area contributed by atoms with Crippen molar-refractivity contribution in [1.82, 2.24) is 0 Å². The fourth-order valence-electron chi connectivity index (χ4n) is 0.865. The quantitative estimate of drug-likeness (QED) is 0.725. The molecule has 0 radical (unpaired) electrons. The van der Waals surface area contributed by atoms with Crippen molar-refractivity contribution in [2.24, 2.45) is 0 Å². The second kappa shape index (κ2) is 4.72. The summed E-state index contributed by atoms with van der Waals surface area (Å²) in [6.45, 7) is 0. The predicted octanol–water partition coefficient (Wildman–Crippen LogP) is 2.32. The molecule has 1 rings (SSSR count). The zero-order valence-electron chi connectivity index (χ0n) is 6.56. The smallest absolute Gasteiger partial charge is 0.327 e. The summed E-state index contributed by atoms with van der Waals surface area (Å²) in [5, 5.41) is 10.3. The summed E-state index contributed by atoms with van der Waals surface area (Å²) in [6, 6.07) is 4.06. The van der Waals surface area contributed by atoms with E-state index in [0.29, 0.717) is 0 Å². The second-order valence-corrected chi connectivity index (χ2v) is 3.39. The van der Waals surface area contributed by atoms with Gasteiger partial charge in [0.2, 0.25) is 0 Å². The van der Waals surface area contributed by atoms with Crippen LogP contribution in [0.2, 0.25) is 0 Å². The van der Waals surface area contributed by atoms with Crippen LogP contribution in [-0.4, -0.2) is 11.1 Å². The Kier molecular flexibility index (Phi) is 3.54. The summed E-state index contributed by atoms with van der Waals surface area (Å²) < 4.78 is 0. The standard InChI is InChI=1S/C9H10O2S/c10-9(11)6-2-1-4-8-5-3-7-12-8/h2-3,5-7H,1,4H2,(H,10,11). The Bertz CT molecular complexity index is 262. The van der Waals surface area contributed by atoms with Crippen molar-refractivity contribution < 1.29 is 9.90 Å². The minimum atomic E-state index is -0.874. The van der Waals surface area contributed by atoms with Crippen LogP contribution in [0.5, 0.6) is 0 Å². The van der Waals surface area contributed by atoms with E-state index in [2.05, 4.69) is 6.07 Å². The molecule has 64 valence electrons. The maximum absolute atomic E-state index is 10.1. The topological polar surface area (TPSA) is 37.3 Å².